The second-order valence-electron chi connectivity index (χ2n) is 4.69. The van der Waals surface area contributed by atoms with Crippen LogP contribution in [0.2, 0.25) is 0 Å². The average molecular weight is 371 g/mol. The Morgan fingerprint density at radius 2 is 1.94 bits per heavy atom. The summed E-state index contributed by atoms with van der Waals surface area (Å²) in [6.07, 6.45) is 3.57. The maximum atomic E-state index is 12.6. The van der Waals surface area contributed by atoms with E-state index >= 15 is 0 Å². The van der Waals surface area contributed by atoms with E-state index in [1.807, 2.05) is 12.1 Å². The van der Waals surface area contributed by atoms with Crippen LogP contribution in [0.15, 0.2) is 40.5 Å². The van der Waals surface area contributed by atoms with Gasteiger partial charge in [-0.2, -0.15) is 0 Å². The number of Topliss-reactive ketones (excluding diaryl/α,β-unsaturated/α-hetero) is 1. The van der Waals surface area contributed by atoms with Crippen LogP contribution >= 0.6 is 31.9 Å². The third-order valence-corrected chi connectivity index (χ3v) is 3.74. The summed E-state index contributed by atoms with van der Waals surface area (Å²) in [6, 6.07) is 3.84. The van der Waals surface area contributed by atoms with Crippen molar-refractivity contribution in [3.8, 4) is 0 Å². The highest BCUT2D eigenvalue weighted by molar-refractivity contribution is 9.12. The van der Waals surface area contributed by atoms with Crippen LogP contribution in [0.25, 0.3) is 0 Å². The molecule has 0 unspecified atom stereocenters. The number of fused-ring (bicyclic) bond motifs is 1. The van der Waals surface area contributed by atoms with Crippen LogP contribution in [0, 0.1) is 5.41 Å². The molecule has 0 aromatic carbocycles. The van der Waals surface area contributed by atoms with Gasteiger partial charge in [0.05, 0.1) is 0 Å². The van der Waals surface area contributed by atoms with E-state index in [2.05, 4.69) is 50.0 Å². The number of hydrogen-bond donors (Lipinski definition) is 0. The largest absolute Gasteiger partial charge is 0.292 e. The zero-order valence-corrected chi connectivity index (χ0v) is 13.1. The van der Waals surface area contributed by atoms with Crippen LogP contribution in [0.3, 0.4) is 0 Å². The smallest absolute Gasteiger partial charge is 0.188 e. The third kappa shape index (κ3) is 2.50. The number of nitrogens with zero attached hydrogens (tertiary/aromatic N) is 1. The van der Waals surface area contributed by atoms with Gasteiger partial charge in [-0.25, -0.2) is 0 Å². The van der Waals surface area contributed by atoms with Gasteiger partial charge in [-0.15, -0.1) is 0 Å². The molecule has 2 nitrogen and oxygen atoms in total. The Morgan fingerprint density at radius 1 is 1.33 bits per heavy atom. The maximum Gasteiger partial charge on any atom is 0.188 e. The van der Waals surface area contributed by atoms with Crippen molar-refractivity contribution < 1.29 is 4.79 Å². The van der Waals surface area contributed by atoms with Gasteiger partial charge in [0.1, 0.15) is 5.69 Å². The van der Waals surface area contributed by atoms with Crippen LogP contribution in [-0.4, -0.2) is 10.8 Å². The summed E-state index contributed by atoms with van der Waals surface area (Å²) < 4.78 is 1.66. The number of hydrogen-bond acceptors (Lipinski definition) is 2. The number of rotatable bonds is 4. The first-order valence-corrected chi connectivity index (χ1v) is 7.18. The predicted molar refractivity (Wildman–Crippen MR) is 80.1 cm³/mol. The summed E-state index contributed by atoms with van der Waals surface area (Å²) in [4.78, 5) is 16.8. The molecular formula is C14H13Br2NO. The van der Waals surface area contributed by atoms with Gasteiger partial charge in [0.2, 0.25) is 0 Å². The van der Waals surface area contributed by atoms with Crippen molar-refractivity contribution in [3.05, 3.63) is 51.7 Å². The molecular weight excluding hydrogens is 358 g/mol. The molecule has 0 bridgehead atoms. The molecule has 0 atom stereocenters. The maximum absolute atomic E-state index is 12.6. The van der Waals surface area contributed by atoms with E-state index in [4.69, 9.17) is 0 Å². The Balaban J connectivity index is 2.43. The van der Waals surface area contributed by atoms with Crippen molar-refractivity contribution in [2.24, 2.45) is 5.41 Å². The highest BCUT2D eigenvalue weighted by Gasteiger charge is 2.46. The zero-order chi connectivity index (χ0) is 13.3. The molecule has 1 aromatic rings. The summed E-state index contributed by atoms with van der Waals surface area (Å²) >= 11 is 6.74. The Kier molecular flexibility index (Phi) is 3.87. The van der Waals surface area contributed by atoms with Gasteiger partial charge < -0.3 is 0 Å². The molecule has 94 valence electrons. The van der Waals surface area contributed by atoms with Crippen LogP contribution in [0.4, 0.5) is 0 Å². The lowest BCUT2D eigenvalue weighted by Gasteiger charge is -2.26. The minimum Gasteiger partial charge on any atom is -0.292 e. The summed E-state index contributed by atoms with van der Waals surface area (Å²) in [5.74, 6) is 0.0966. The molecule has 0 aliphatic heterocycles. The monoisotopic (exact) mass is 369 g/mol. The van der Waals surface area contributed by atoms with Gasteiger partial charge in [0.15, 0.2) is 5.78 Å². The first kappa shape index (κ1) is 13.7. The number of halogens is 2. The van der Waals surface area contributed by atoms with Crippen molar-refractivity contribution in [3.63, 3.8) is 0 Å². The van der Waals surface area contributed by atoms with Crippen molar-refractivity contribution in [1.82, 2.24) is 4.98 Å². The van der Waals surface area contributed by atoms with Crippen molar-refractivity contribution >= 4 is 37.6 Å². The van der Waals surface area contributed by atoms with E-state index in [1.54, 1.807) is 6.20 Å². The van der Waals surface area contributed by atoms with Gasteiger partial charge in [0.25, 0.3) is 0 Å². The molecule has 1 aliphatic rings. The Morgan fingerprint density at radius 3 is 2.44 bits per heavy atom. The lowest BCUT2D eigenvalue weighted by Crippen LogP contribution is -2.28. The number of carbonyl (C=O) groups is 1. The summed E-state index contributed by atoms with van der Waals surface area (Å²) in [5.41, 5.74) is 1.13. The highest BCUT2D eigenvalue weighted by Crippen LogP contribution is 2.46. The van der Waals surface area contributed by atoms with Crippen LogP contribution < -0.4 is 0 Å². The fraction of sp³-hybridized carbons (Fsp3) is 0.286. The Labute approximate surface area is 123 Å². The van der Waals surface area contributed by atoms with E-state index in [0.717, 1.165) is 14.5 Å². The highest BCUT2D eigenvalue weighted by atomic mass is 79.9. The minimum absolute atomic E-state index is 0.0966. The second kappa shape index (κ2) is 5.10. The molecule has 0 saturated heterocycles. The van der Waals surface area contributed by atoms with Crippen LogP contribution in [-0.2, 0) is 6.42 Å². The molecule has 0 N–H and O–H groups in total. The molecule has 0 fully saturated rings. The average Bonchev–Trinajstić information content (AvgIpc) is 2.51. The van der Waals surface area contributed by atoms with E-state index in [-0.39, 0.29) is 5.78 Å². The van der Waals surface area contributed by atoms with E-state index in [9.17, 15) is 4.79 Å². The number of aromatic nitrogens is 1. The quantitative estimate of drug-likeness (QED) is 0.785. The molecule has 1 aromatic heterocycles. The minimum atomic E-state index is -0.488. The lowest BCUT2D eigenvalue weighted by atomic mass is 9.77. The lowest BCUT2D eigenvalue weighted by molar-refractivity contribution is 0.0819. The number of carbonyl (C=O) groups excluding carboxylic acids is 1. The fourth-order valence-electron chi connectivity index (χ4n) is 2.56. The van der Waals surface area contributed by atoms with Gasteiger partial charge >= 0.3 is 0 Å². The van der Waals surface area contributed by atoms with Crippen LogP contribution in [0.5, 0.6) is 0 Å². The molecule has 0 amide bonds. The number of allylic oxidation sites excluding steroid dienone is 2. The molecule has 18 heavy (non-hydrogen) atoms. The normalized spacial score (nSPS) is 16.4. The number of pyridine rings is 1. The summed E-state index contributed by atoms with van der Waals surface area (Å²) in [7, 11) is 0. The van der Waals surface area contributed by atoms with Crippen molar-refractivity contribution in [2.75, 3.05) is 0 Å². The molecule has 0 saturated carbocycles. The van der Waals surface area contributed by atoms with E-state index < -0.39 is 5.41 Å². The van der Waals surface area contributed by atoms with Gasteiger partial charge in [-0.1, -0.05) is 51.1 Å². The first-order valence-electron chi connectivity index (χ1n) is 5.60. The second-order valence-corrected chi connectivity index (χ2v) is 6.93. The van der Waals surface area contributed by atoms with Gasteiger partial charge in [0, 0.05) is 11.6 Å². The predicted octanol–water partition coefficient (Wildman–Crippen LogP) is 4.40. The van der Waals surface area contributed by atoms with Crippen LogP contribution in [0.1, 0.15) is 28.9 Å². The SMILES string of the molecule is C=C(Br)CC1(CC(=C)Br)Cc2cccnc2C1=O. The standard InChI is InChI=1S/C14H13Br2NO/c1-9(15)6-14(7-10(2)16)8-11-4-3-5-17-12(11)13(14)18/h3-5H,1-2,6-8H2. The fourth-order valence-corrected chi connectivity index (χ4v) is 3.64. The number of ketones is 1. The van der Waals surface area contributed by atoms with E-state index in [1.165, 1.54) is 0 Å². The first-order chi connectivity index (χ1) is 8.44. The van der Waals surface area contributed by atoms with E-state index in [0.29, 0.717) is 25.0 Å². The van der Waals surface area contributed by atoms with Crippen molar-refractivity contribution in [2.45, 2.75) is 19.3 Å². The molecule has 2 rings (SSSR count). The van der Waals surface area contributed by atoms with Crippen molar-refractivity contribution in [1.29, 1.82) is 0 Å². The third-order valence-electron chi connectivity index (χ3n) is 3.18. The summed E-state index contributed by atoms with van der Waals surface area (Å²) in [5, 5.41) is 0. The molecule has 1 aliphatic carbocycles. The summed E-state index contributed by atoms with van der Waals surface area (Å²) in [6.45, 7) is 7.73. The zero-order valence-electron chi connectivity index (χ0n) is 9.88. The Bertz CT molecular complexity index is 520. The molecule has 1 heterocycles. The Hall–Kier alpha value is -0.740. The molecule has 4 heteroatoms. The molecule has 0 radical (unpaired) electrons. The molecule has 0 spiro atoms. The van der Waals surface area contributed by atoms with Gasteiger partial charge in [-0.05, 0) is 39.9 Å². The van der Waals surface area contributed by atoms with Gasteiger partial charge in [-0.3, -0.25) is 9.78 Å². The topological polar surface area (TPSA) is 30.0 Å².